The fraction of sp³-hybridized carbons (Fsp3) is 0.395. The number of rotatable bonds is 24. The van der Waals surface area contributed by atoms with Gasteiger partial charge in [0.25, 0.3) is 0 Å². The molecule has 2 unspecified atom stereocenters. The smallest absolute Gasteiger partial charge is 0.408 e. The number of methoxy groups -OCH3 is 1. The third-order valence-electron chi connectivity index (χ3n) is 8.64. The van der Waals surface area contributed by atoms with Gasteiger partial charge in [0.2, 0.25) is 11.8 Å². The number of benzene rings is 3. The first-order valence-corrected chi connectivity index (χ1v) is 19.3. The number of hydrogen-bond donors (Lipinski definition) is 5. The van der Waals surface area contributed by atoms with Crippen LogP contribution in [0.25, 0.3) is 0 Å². The lowest BCUT2D eigenvalue weighted by molar-refractivity contribution is -0.139. The number of hydrogen-bond acceptors (Lipinski definition) is 10. The molecule has 5 amide bonds. The van der Waals surface area contributed by atoms with Crippen molar-refractivity contribution in [1.82, 2.24) is 26.6 Å². The van der Waals surface area contributed by atoms with Crippen molar-refractivity contribution in [2.45, 2.75) is 83.8 Å². The maximum Gasteiger partial charge on any atom is 0.408 e. The Balaban J connectivity index is 1.59. The Hall–Kier alpha value is -6.38. The molecule has 0 fully saturated rings. The molecule has 0 spiro atoms. The second-order valence-electron chi connectivity index (χ2n) is 13.3. The third-order valence-corrected chi connectivity index (χ3v) is 8.64. The van der Waals surface area contributed by atoms with Gasteiger partial charge in [0, 0.05) is 19.6 Å². The van der Waals surface area contributed by atoms with E-state index in [1.165, 1.54) is 7.11 Å². The van der Waals surface area contributed by atoms with Crippen molar-refractivity contribution in [1.29, 1.82) is 0 Å². The zero-order valence-corrected chi connectivity index (χ0v) is 33.2. The van der Waals surface area contributed by atoms with Gasteiger partial charge < -0.3 is 45.5 Å². The van der Waals surface area contributed by atoms with Crippen LogP contribution >= 0.6 is 0 Å². The molecule has 0 saturated heterocycles. The lowest BCUT2D eigenvalue weighted by atomic mass is 10.1. The fourth-order valence-electron chi connectivity index (χ4n) is 5.36. The van der Waals surface area contributed by atoms with Crippen molar-refractivity contribution in [3.63, 3.8) is 0 Å². The molecule has 0 heterocycles. The van der Waals surface area contributed by atoms with Crippen LogP contribution < -0.4 is 26.6 Å². The van der Waals surface area contributed by atoms with Gasteiger partial charge in [-0.3, -0.25) is 14.4 Å². The largest absolute Gasteiger partial charge is 0.469 e. The second kappa shape index (κ2) is 27.3. The first kappa shape index (κ1) is 46.0. The minimum atomic E-state index is -1.08. The van der Waals surface area contributed by atoms with Crippen LogP contribution in [-0.4, -0.2) is 74.9 Å². The highest BCUT2D eigenvalue weighted by atomic mass is 16.6. The van der Waals surface area contributed by atoms with Crippen LogP contribution in [0.3, 0.4) is 0 Å². The van der Waals surface area contributed by atoms with Crippen molar-refractivity contribution < 1.29 is 47.7 Å². The highest BCUT2D eigenvalue weighted by Crippen LogP contribution is 2.09. The van der Waals surface area contributed by atoms with Crippen LogP contribution in [0.2, 0.25) is 0 Å². The molecule has 5 N–H and O–H groups in total. The highest BCUT2D eigenvalue weighted by Gasteiger charge is 2.27. The summed E-state index contributed by atoms with van der Waals surface area (Å²) >= 11 is 0. The number of carbonyl (C=O) groups is 6. The summed E-state index contributed by atoms with van der Waals surface area (Å²) in [6.07, 6.45) is 1.90. The van der Waals surface area contributed by atoms with Crippen molar-refractivity contribution in [3.8, 4) is 0 Å². The minimum Gasteiger partial charge on any atom is -0.469 e. The fourth-order valence-corrected chi connectivity index (χ4v) is 5.36. The number of unbranched alkanes of at least 4 members (excludes halogenated alkanes) is 2. The van der Waals surface area contributed by atoms with Gasteiger partial charge in [-0.1, -0.05) is 103 Å². The molecule has 0 aliphatic heterocycles. The molecule has 312 valence electrons. The van der Waals surface area contributed by atoms with E-state index in [0.29, 0.717) is 31.3 Å². The molecule has 0 aliphatic rings. The van der Waals surface area contributed by atoms with E-state index in [2.05, 4.69) is 31.3 Å². The summed E-state index contributed by atoms with van der Waals surface area (Å²) < 4.78 is 20.6. The Morgan fingerprint density at radius 2 is 0.983 bits per heavy atom. The van der Waals surface area contributed by atoms with Gasteiger partial charge in [-0.25, -0.2) is 14.4 Å². The molecule has 15 heteroatoms. The second-order valence-corrected chi connectivity index (χ2v) is 13.3. The molecule has 58 heavy (non-hydrogen) atoms. The van der Waals surface area contributed by atoms with E-state index in [9.17, 15) is 28.8 Å². The van der Waals surface area contributed by atoms with Crippen LogP contribution in [0.4, 0.5) is 14.4 Å². The van der Waals surface area contributed by atoms with Gasteiger partial charge >= 0.3 is 24.2 Å². The highest BCUT2D eigenvalue weighted by molar-refractivity contribution is 5.91. The van der Waals surface area contributed by atoms with Crippen LogP contribution in [0, 0.1) is 0 Å². The summed E-state index contributed by atoms with van der Waals surface area (Å²) in [6, 6.07) is 25.5. The van der Waals surface area contributed by atoms with E-state index in [-0.39, 0.29) is 58.7 Å². The van der Waals surface area contributed by atoms with Crippen molar-refractivity contribution in [2.75, 3.05) is 26.7 Å². The first-order valence-electron chi connectivity index (χ1n) is 19.3. The monoisotopic (exact) mass is 801 g/mol. The number of amides is 5. The zero-order valence-electron chi connectivity index (χ0n) is 33.2. The lowest BCUT2D eigenvalue weighted by Crippen LogP contribution is -2.54. The molecule has 0 aliphatic carbocycles. The van der Waals surface area contributed by atoms with E-state index >= 15 is 0 Å². The van der Waals surface area contributed by atoms with E-state index in [1.807, 2.05) is 78.9 Å². The predicted octanol–water partition coefficient (Wildman–Crippen LogP) is 5.59. The number of nitrogens with one attached hydrogen (secondary N) is 5. The van der Waals surface area contributed by atoms with Crippen LogP contribution in [0.5, 0.6) is 0 Å². The van der Waals surface area contributed by atoms with Gasteiger partial charge in [-0.2, -0.15) is 0 Å². The van der Waals surface area contributed by atoms with Crippen LogP contribution in [-0.2, 0) is 53.2 Å². The van der Waals surface area contributed by atoms with Crippen LogP contribution in [0.15, 0.2) is 103 Å². The average molecular weight is 802 g/mol. The predicted molar refractivity (Wildman–Crippen MR) is 216 cm³/mol. The van der Waals surface area contributed by atoms with Gasteiger partial charge in [-0.15, -0.1) is 0 Å². The summed E-state index contributed by atoms with van der Waals surface area (Å²) in [4.78, 5) is 76.1. The van der Waals surface area contributed by atoms with Gasteiger partial charge in [0.15, 0.2) is 0 Å². The molecule has 3 aromatic rings. The quantitative estimate of drug-likeness (QED) is 0.0330. The van der Waals surface area contributed by atoms with E-state index in [4.69, 9.17) is 14.2 Å². The number of carbonyl (C=O) groups excluding carboxylic acids is 6. The standard InChI is InChI=1S/C43H55N5O10/c1-32(24-25-38(49)55-2)28-46-39(50)36(22-12-14-26-44-41(52)56-29-33-16-6-3-7-17-33)47-40(51)37(48-43(54)58-31-35-20-10-5-11-21-35)23-13-15-27-45-42(53)57-30-34-18-8-4-9-19-34/h3-11,16-21,24,36-37H,12-15,22-23,25-31H2,1-2H3,(H,44,52)(H,45,53)(H,46,50)(H,47,51)(H,48,54)/b32-24-. The Morgan fingerprint density at radius 3 is 1.43 bits per heavy atom. The number of alkyl carbamates (subject to hydrolysis) is 3. The molecular weight excluding hydrogens is 746 g/mol. The van der Waals surface area contributed by atoms with Gasteiger partial charge in [0.1, 0.15) is 31.9 Å². The molecule has 0 aromatic heterocycles. The Labute approximate surface area is 339 Å². The molecule has 0 bridgehead atoms. The SMILES string of the molecule is COC(=O)C/C=C(/C)CNC(=O)C(CCCCNC(=O)OCc1ccccc1)NC(=O)C(CCCCNC(=O)OCc1ccccc1)NC(=O)OCc1ccccc1. The molecule has 3 aromatic carbocycles. The van der Waals surface area contributed by atoms with Crippen LogP contribution in [0.1, 0.15) is 68.6 Å². The van der Waals surface area contributed by atoms with Gasteiger partial charge in [0.05, 0.1) is 13.5 Å². The Kier molecular flexibility index (Phi) is 21.6. The maximum atomic E-state index is 13.8. The number of ether oxygens (including phenoxy) is 4. The van der Waals surface area contributed by atoms with Crippen molar-refractivity contribution in [2.24, 2.45) is 0 Å². The summed E-state index contributed by atoms with van der Waals surface area (Å²) in [7, 11) is 1.29. The van der Waals surface area contributed by atoms with E-state index < -0.39 is 48.1 Å². The normalized spacial score (nSPS) is 11.9. The van der Waals surface area contributed by atoms with E-state index in [0.717, 1.165) is 16.7 Å². The summed E-state index contributed by atoms with van der Waals surface area (Å²) in [5.74, 6) is -1.50. The maximum absolute atomic E-state index is 13.8. The zero-order chi connectivity index (χ0) is 41.8. The Bertz CT molecular complexity index is 1740. The molecule has 3 rings (SSSR count). The minimum absolute atomic E-state index is 0.0161. The molecule has 0 radical (unpaired) electrons. The summed E-state index contributed by atoms with van der Waals surface area (Å²) in [6.45, 7) is 2.64. The van der Waals surface area contributed by atoms with Gasteiger partial charge in [-0.05, 0) is 62.1 Å². The molecular formula is C43H55N5O10. The van der Waals surface area contributed by atoms with Crippen molar-refractivity contribution >= 4 is 36.1 Å². The third kappa shape index (κ3) is 20.0. The summed E-state index contributed by atoms with van der Waals surface area (Å²) in [5, 5.41) is 13.6. The first-order chi connectivity index (χ1) is 28.1. The number of esters is 1. The topological polar surface area (TPSA) is 199 Å². The lowest BCUT2D eigenvalue weighted by Gasteiger charge is -2.23. The molecule has 15 nitrogen and oxygen atoms in total. The molecule has 2 atom stereocenters. The molecule has 0 saturated carbocycles. The summed E-state index contributed by atoms with van der Waals surface area (Å²) in [5.41, 5.74) is 3.17. The van der Waals surface area contributed by atoms with E-state index in [1.54, 1.807) is 25.1 Å². The van der Waals surface area contributed by atoms with Crippen molar-refractivity contribution in [3.05, 3.63) is 119 Å². The average Bonchev–Trinajstić information content (AvgIpc) is 3.25. The Morgan fingerprint density at radius 1 is 0.552 bits per heavy atom.